The van der Waals surface area contributed by atoms with Crippen LogP contribution in [-0.4, -0.2) is 16.0 Å². The van der Waals surface area contributed by atoms with Crippen molar-refractivity contribution in [3.05, 3.63) is 17.5 Å². The van der Waals surface area contributed by atoms with Crippen molar-refractivity contribution in [1.29, 1.82) is 0 Å². The van der Waals surface area contributed by atoms with Crippen LogP contribution < -0.4 is 0 Å². The SMILES string of the molecule is CCc1cc(C)n(CC(F)(F)F)n1. The van der Waals surface area contributed by atoms with Crippen LogP contribution in [0.5, 0.6) is 0 Å². The van der Waals surface area contributed by atoms with Gasteiger partial charge in [0.25, 0.3) is 0 Å². The Balaban J connectivity index is 2.83. The predicted molar refractivity (Wildman–Crippen MR) is 42.4 cm³/mol. The van der Waals surface area contributed by atoms with Crippen LogP contribution in [-0.2, 0) is 13.0 Å². The highest BCUT2D eigenvalue weighted by Gasteiger charge is 2.29. The maximum absolute atomic E-state index is 12.0. The lowest BCUT2D eigenvalue weighted by Crippen LogP contribution is -2.19. The van der Waals surface area contributed by atoms with Crippen molar-refractivity contribution in [3.8, 4) is 0 Å². The number of rotatable bonds is 2. The Bertz CT molecular complexity index is 288. The molecule has 1 aromatic heterocycles. The lowest BCUT2D eigenvalue weighted by atomic mass is 10.3. The molecule has 0 aromatic carbocycles. The molecule has 1 aromatic rings. The summed E-state index contributed by atoms with van der Waals surface area (Å²) in [5.41, 5.74) is 1.25. The van der Waals surface area contributed by atoms with Crippen molar-refractivity contribution in [1.82, 2.24) is 9.78 Å². The molecule has 0 unspecified atom stereocenters. The summed E-state index contributed by atoms with van der Waals surface area (Å²) in [7, 11) is 0. The first-order valence-electron chi connectivity index (χ1n) is 4.02. The van der Waals surface area contributed by atoms with E-state index < -0.39 is 12.7 Å². The summed E-state index contributed by atoms with van der Waals surface area (Å²) in [4.78, 5) is 0. The molecule has 0 aliphatic carbocycles. The second-order valence-electron chi connectivity index (χ2n) is 2.90. The van der Waals surface area contributed by atoms with E-state index in [0.717, 1.165) is 4.68 Å². The maximum Gasteiger partial charge on any atom is 0.408 e. The molecule has 74 valence electrons. The van der Waals surface area contributed by atoms with E-state index in [-0.39, 0.29) is 0 Å². The van der Waals surface area contributed by atoms with Gasteiger partial charge in [0.05, 0.1) is 5.69 Å². The molecule has 0 saturated carbocycles. The fourth-order valence-corrected chi connectivity index (χ4v) is 1.08. The minimum atomic E-state index is -4.19. The predicted octanol–water partition coefficient (Wildman–Crippen LogP) is 2.32. The van der Waals surface area contributed by atoms with E-state index in [9.17, 15) is 13.2 Å². The summed E-state index contributed by atoms with van der Waals surface area (Å²) in [6.07, 6.45) is -3.53. The molecule has 0 aliphatic rings. The molecule has 0 spiro atoms. The zero-order valence-corrected chi connectivity index (χ0v) is 7.52. The molecular formula is C8H11F3N2. The Morgan fingerprint density at radius 3 is 2.46 bits per heavy atom. The Hall–Kier alpha value is -1.00. The van der Waals surface area contributed by atoms with Gasteiger partial charge in [-0.15, -0.1) is 0 Å². The van der Waals surface area contributed by atoms with Crippen LogP contribution in [0.15, 0.2) is 6.07 Å². The zero-order valence-electron chi connectivity index (χ0n) is 7.52. The van der Waals surface area contributed by atoms with Crippen LogP contribution in [0.3, 0.4) is 0 Å². The first kappa shape index (κ1) is 10.1. The third kappa shape index (κ3) is 2.75. The van der Waals surface area contributed by atoms with Crippen molar-refractivity contribution in [2.75, 3.05) is 0 Å². The maximum atomic E-state index is 12.0. The Kier molecular flexibility index (Phi) is 2.63. The number of aryl methyl sites for hydroxylation is 2. The lowest BCUT2D eigenvalue weighted by molar-refractivity contribution is -0.142. The standard InChI is InChI=1S/C8H11F3N2/c1-3-7-4-6(2)13(12-7)5-8(9,10)11/h4H,3,5H2,1-2H3. The van der Waals surface area contributed by atoms with Gasteiger partial charge in [-0.2, -0.15) is 18.3 Å². The highest BCUT2D eigenvalue weighted by Crippen LogP contribution is 2.18. The number of nitrogens with zero attached hydrogens (tertiary/aromatic N) is 2. The molecule has 0 aliphatic heterocycles. The summed E-state index contributed by atoms with van der Waals surface area (Å²) >= 11 is 0. The average molecular weight is 192 g/mol. The third-order valence-corrected chi connectivity index (χ3v) is 1.72. The second kappa shape index (κ2) is 3.40. The molecule has 0 amide bonds. The van der Waals surface area contributed by atoms with Gasteiger partial charge in [0.15, 0.2) is 0 Å². The van der Waals surface area contributed by atoms with Crippen LogP contribution >= 0.6 is 0 Å². The number of hydrogen-bond acceptors (Lipinski definition) is 1. The summed E-state index contributed by atoms with van der Waals surface area (Å²) in [5.74, 6) is 0. The average Bonchev–Trinajstić information content (AvgIpc) is 2.29. The van der Waals surface area contributed by atoms with E-state index in [1.807, 2.05) is 6.92 Å². The van der Waals surface area contributed by atoms with E-state index in [2.05, 4.69) is 5.10 Å². The molecule has 0 saturated heterocycles. The van der Waals surface area contributed by atoms with Gasteiger partial charge in [0.2, 0.25) is 0 Å². The zero-order chi connectivity index (χ0) is 10.1. The van der Waals surface area contributed by atoms with Crippen molar-refractivity contribution in [2.45, 2.75) is 33.0 Å². The van der Waals surface area contributed by atoms with Crippen LogP contribution in [0.2, 0.25) is 0 Å². The molecule has 0 atom stereocenters. The molecule has 0 bridgehead atoms. The van der Waals surface area contributed by atoms with Gasteiger partial charge in [0, 0.05) is 5.69 Å². The number of halogens is 3. The van der Waals surface area contributed by atoms with Crippen LogP contribution in [0.4, 0.5) is 13.2 Å². The van der Waals surface area contributed by atoms with E-state index in [1.165, 1.54) is 0 Å². The smallest absolute Gasteiger partial charge is 0.260 e. The summed E-state index contributed by atoms with van der Waals surface area (Å²) in [5, 5.41) is 3.81. The highest BCUT2D eigenvalue weighted by molar-refractivity contribution is 5.08. The van der Waals surface area contributed by atoms with Crippen molar-refractivity contribution in [3.63, 3.8) is 0 Å². The number of alkyl halides is 3. The largest absolute Gasteiger partial charge is 0.408 e. The molecule has 13 heavy (non-hydrogen) atoms. The quantitative estimate of drug-likeness (QED) is 0.703. The van der Waals surface area contributed by atoms with E-state index in [0.29, 0.717) is 17.8 Å². The molecule has 0 N–H and O–H groups in total. The normalized spacial score (nSPS) is 12.1. The van der Waals surface area contributed by atoms with Crippen molar-refractivity contribution in [2.24, 2.45) is 0 Å². The fourth-order valence-electron chi connectivity index (χ4n) is 1.08. The highest BCUT2D eigenvalue weighted by atomic mass is 19.4. The molecule has 1 rings (SSSR count). The first-order chi connectivity index (χ1) is 5.92. The van der Waals surface area contributed by atoms with Gasteiger partial charge < -0.3 is 0 Å². The molecular weight excluding hydrogens is 181 g/mol. The van der Waals surface area contributed by atoms with Gasteiger partial charge in [-0.1, -0.05) is 6.92 Å². The van der Waals surface area contributed by atoms with E-state index in [1.54, 1.807) is 13.0 Å². The monoisotopic (exact) mass is 192 g/mol. The van der Waals surface area contributed by atoms with Crippen molar-refractivity contribution < 1.29 is 13.2 Å². The van der Waals surface area contributed by atoms with E-state index in [4.69, 9.17) is 0 Å². The minimum absolute atomic E-state index is 0.550. The van der Waals surface area contributed by atoms with Crippen molar-refractivity contribution >= 4 is 0 Å². The van der Waals surface area contributed by atoms with Gasteiger partial charge in [-0.3, -0.25) is 4.68 Å². The third-order valence-electron chi connectivity index (χ3n) is 1.72. The summed E-state index contributed by atoms with van der Waals surface area (Å²) < 4.78 is 36.9. The molecule has 0 radical (unpaired) electrons. The summed E-state index contributed by atoms with van der Waals surface area (Å²) in [6, 6.07) is 1.67. The number of aromatic nitrogens is 2. The van der Waals surface area contributed by atoms with Gasteiger partial charge in [-0.25, -0.2) is 0 Å². The minimum Gasteiger partial charge on any atom is -0.260 e. The Morgan fingerprint density at radius 1 is 1.46 bits per heavy atom. The molecule has 1 heterocycles. The first-order valence-corrected chi connectivity index (χ1v) is 4.02. The van der Waals surface area contributed by atoms with Gasteiger partial charge in [-0.05, 0) is 19.4 Å². The second-order valence-corrected chi connectivity index (χ2v) is 2.90. The summed E-state index contributed by atoms with van der Waals surface area (Å²) in [6.45, 7) is 2.48. The Morgan fingerprint density at radius 2 is 2.08 bits per heavy atom. The molecule has 0 fully saturated rings. The number of hydrogen-bond donors (Lipinski definition) is 0. The van der Waals surface area contributed by atoms with Gasteiger partial charge in [0.1, 0.15) is 6.54 Å². The Labute approximate surface area is 74.4 Å². The molecule has 5 heteroatoms. The van der Waals surface area contributed by atoms with Crippen LogP contribution in [0, 0.1) is 6.92 Å². The van der Waals surface area contributed by atoms with Crippen LogP contribution in [0.25, 0.3) is 0 Å². The lowest BCUT2D eigenvalue weighted by Gasteiger charge is -2.07. The fraction of sp³-hybridized carbons (Fsp3) is 0.625. The van der Waals surface area contributed by atoms with Gasteiger partial charge >= 0.3 is 6.18 Å². The topological polar surface area (TPSA) is 17.8 Å². The van der Waals surface area contributed by atoms with E-state index >= 15 is 0 Å². The molecule has 2 nitrogen and oxygen atoms in total. The van der Waals surface area contributed by atoms with Crippen LogP contribution in [0.1, 0.15) is 18.3 Å².